The highest BCUT2D eigenvalue weighted by Crippen LogP contribution is 2.26. The van der Waals surface area contributed by atoms with E-state index in [0.717, 1.165) is 11.3 Å². The highest BCUT2D eigenvalue weighted by Gasteiger charge is 2.13. The quantitative estimate of drug-likeness (QED) is 0.749. The smallest absolute Gasteiger partial charge is 0.275 e. The van der Waals surface area contributed by atoms with Gasteiger partial charge in [-0.25, -0.2) is 4.98 Å². The molecule has 2 heterocycles. The van der Waals surface area contributed by atoms with Crippen molar-refractivity contribution in [3.05, 3.63) is 53.2 Å². The molecular formula is C18H20N4OS. The van der Waals surface area contributed by atoms with Gasteiger partial charge in [-0.3, -0.25) is 14.8 Å². The molecule has 0 saturated heterocycles. The Hall–Kier alpha value is -2.47. The number of hydrogen-bond donors (Lipinski definition) is 1. The maximum Gasteiger partial charge on any atom is 0.275 e. The summed E-state index contributed by atoms with van der Waals surface area (Å²) in [7, 11) is 0. The number of aryl methyl sites for hydroxylation is 1. The topological polar surface area (TPSA) is 59.8 Å². The lowest BCUT2D eigenvalue weighted by Gasteiger charge is -2.05. The van der Waals surface area contributed by atoms with E-state index in [4.69, 9.17) is 0 Å². The molecule has 1 aromatic carbocycles. The van der Waals surface area contributed by atoms with Gasteiger partial charge >= 0.3 is 0 Å². The van der Waals surface area contributed by atoms with Gasteiger partial charge in [0.25, 0.3) is 5.91 Å². The number of benzene rings is 1. The third-order valence-electron chi connectivity index (χ3n) is 3.85. The number of hydrogen-bond acceptors (Lipinski definition) is 4. The normalized spacial score (nSPS) is 11.0. The zero-order chi connectivity index (χ0) is 17.1. The Morgan fingerprint density at radius 3 is 2.67 bits per heavy atom. The van der Waals surface area contributed by atoms with Gasteiger partial charge in [0.2, 0.25) is 0 Å². The second-order valence-electron chi connectivity index (χ2n) is 5.80. The van der Waals surface area contributed by atoms with Gasteiger partial charge < -0.3 is 0 Å². The van der Waals surface area contributed by atoms with Gasteiger partial charge in [-0.1, -0.05) is 38.1 Å². The zero-order valence-electron chi connectivity index (χ0n) is 14.0. The molecule has 24 heavy (non-hydrogen) atoms. The van der Waals surface area contributed by atoms with Gasteiger partial charge in [0, 0.05) is 23.7 Å². The molecule has 2 aromatic heterocycles. The summed E-state index contributed by atoms with van der Waals surface area (Å²) in [6, 6.07) is 10.1. The molecule has 0 radical (unpaired) electrons. The summed E-state index contributed by atoms with van der Waals surface area (Å²) >= 11 is 1.42. The summed E-state index contributed by atoms with van der Waals surface area (Å²) < 4.78 is 1.66. The van der Waals surface area contributed by atoms with Crippen molar-refractivity contribution in [3.8, 4) is 11.3 Å². The van der Waals surface area contributed by atoms with E-state index in [1.165, 1.54) is 16.9 Å². The Balaban J connectivity index is 1.75. The van der Waals surface area contributed by atoms with Crippen LogP contribution in [0, 0.1) is 0 Å². The van der Waals surface area contributed by atoms with Crippen LogP contribution >= 0.6 is 11.3 Å². The summed E-state index contributed by atoms with van der Waals surface area (Å²) in [5, 5.41) is 9.50. The molecule has 1 N–H and O–H groups in total. The van der Waals surface area contributed by atoms with Crippen LogP contribution in [0.5, 0.6) is 0 Å². The van der Waals surface area contributed by atoms with Gasteiger partial charge in [0.15, 0.2) is 5.13 Å². The molecular weight excluding hydrogens is 320 g/mol. The third-order valence-corrected chi connectivity index (χ3v) is 4.60. The molecule has 1 amide bonds. The van der Waals surface area contributed by atoms with Crippen LogP contribution in [0.15, 0.2) is 41.9 Å². The molecule has 0 aliphatic carbocycles. The molecule has 0 aliphatic heterocycles. The molecule has 0 unspecified atom stereocenters. The number of carbonyl (C=O) groups excluding carboxylic acids is 1. The van der Waals surface area contributed by atoms with Crippen LogP contribution in [-0.2, 0) is 6.54 Å². The number of aromatic nitrogens is 3. The number of nitrogens with one attached hydrogen (secondary N) is 1. The standard InChI is InChI=1S/C18H20N4OS/c1-4-22-16(9-10-19-22)17(23)21-18-20-15(11-24-18)14-7-5-13(6-8-14)12(2)3/h5-12H,4H2,1-3H3,(H,20,21,23). The van der Waals surface area contributed by atoms with Crippen molar-refractivity contribution < 1.29 is 4.79 Å². The first-order valence-electron chi connectivity index (χ1n) is 7.97. The van der Waals surface area contributed by atoms with E-state index in [1.54, 1.807) is 16.9 Å². The van der Waals surface area contributed by atoms with Crippen LogP contribution in [0.25, 0.3) is 11.3 Å². The summed E-state index contributed by atoms with van der Waals surface area (Å²) in [4.78, 5) is 16.8. The predicted octanol–water partition coefficient (Wildman–Crippen LogP) is 4.40. The Labute approximate surface area is 145 Å². The van der Waals surface area contributed by atoms with E-state index in [1.807, 2.05) is 12.3 Å². The van der Waals surface area contributed by atoms with Crippen molar-refractivity contribution in [2.45, 2.75) is 33.2 Å². The van der Waals surface area contributed by atoms with Crippen LogP contribution in [-0.4, -0.2) is 20.7 Å². The van der Waals surface area contributed by atoms with Gasteiger partial charge in [0.1, 0.15) is 5.69 Å². The Morgan fingerprint density at radius 1 is 1.25 bits per heavy atom. The minimum atomic E-state index is -0.189. The second-order valence-corrected chi connectivity index (χ2v) is 6.66. The maximum atomic E-state index is 12.3. The summed E-state index contributed by atoms with van der Waals surface area (Å²) in [5.74, 6) is 0.318. The van der Waals surface area contributed by atoms with Crippen molar-refractivity contribution in [1.82, 2.24) is 14.8 Å². The molecule has 0 fully saturated rings. The average molecular weight is 340 g/mol. The summed E-state index contributed by atoms with van der Waals surface area (Å²) in [6.07, 6.45) is 1.63. The molecule has 124 valence electrons. The van der Waals surface area contributed by atoms with E-state index in [0.29, 0.717) is 23.3 Å². The number of anilines is 1. The lowest BCUT2D eigenvalue weighted by molar-refractivity contribution is 0.101. The van der Waals surface area contributed by atoms with Crippen molar-refractivity contribution in [2.24, 2.45) is 0 Å². The largest absolute Gasteiger partial charge is 0.296 e. The van der Waals surface area contributed by atoms with Gasteiger partial charge in [-0.05, 0) is 24.5 Å². The minimum absolute atomic E-state index is 0.189. The zero-order valence-corrected chi connectivity index (χ0v) is 14.8. The van der Waals surface area contributed by atoms with E-state index in [-0.39, 0.29) is 5.91 Å². The SMILES string of the molecule is CCn1nccc1C(=O)Nc1nc(-c2ccc(C(C)C)cc2)cs1. The fourth-order valence-corrected chi connectivity index (χ4v) is 3.16. The number of amides is 1. The number of rotatable bonds is 5. The molecule has 0 bridgehead atoms. The first kappa shape index (κ1) is 16.4. The second kappa shape index (κ2) is 6.97. The van der Waals surface area contributed by atoms with E-state index in [9.17, 15) is 4.79 Å². The third kappa shape index (κ3) is 3.38. The lowest BCUT2D eigenvalue weighted by Crippen LogP contribution is -2.17. The Kier molecular flexibility index (Phi) is 4.76. The average Bonchev–Trinajstić information content (AvgIpc) is 3.23. The summed E-state index contributed by atoms with van der Waals surface area (Å²) in [5.41, 5.74) is 3.76. The fraction of sp³-hybridized carbons (Fsp3) is 0.278. The van der Waals surface area contributed by atoms with E-state index >= 15 is 0 Å². The van der Waals surface area contributed by atoms with Gasteiger partial charge in [-0.2, -0.15) is 5.10 Å². The number of nitrogens with zero attached hydrogens (tertiary/aromatic N) is 3. The Morgan fingerprint density at radius 2 is 2.00 bits per heavy atom. The van der Waals surface area contributed by atoms with Crippen LogP contribution in [0.3, 0.4) is 0 Å². The highest BCUT2D eigenvalue weighted by molar-refractivity contribution is 7.14. The monoisotopic (exact) mass is 340 g/mol. The van der Waals surface area contributed by atoms with Crippen molar-refractivity contribution >= 4 is 22.4 Å². The number of thiazole rings is 1. The molecule has 0 saturated carbocycles. The van der Waals surface area contributed by atoms with Crippen LogP contribution in [0.2, 0.25) is 0 Å². The molecule has 6 heteroatoms. The van der Waals surface area contributed by atoms with Crippen LogP contribution in [0.1, 0.15) is 42.7 Å². The minimum Gasteiger partial charge on any atom is -0.296 e. The van der Waals surface area contributed by atoms with Crippen molar-refractivity contribution in [3.63, 3.8) is 0 Å². The Bertz CT molecular complexity index is 833. The van der Waals surface area contributed by atoms with Crippen LogP contribution in [0.4, 0.5) is 5.13 Å². The lowest BCUT2D eigenvalue weighted by atomic mass is 10.0. The number of carbonyl (C=O) groups is 1. The highest BCUT2D eigenvalue weighted by atomic mass is 32.1. The van der Waals surface area contributed by atoms with E-state index in [2.05, 4.69) is 53.5 Å². The van der Waals surface area contributed by atoms with Gasteiger partial charge in [0.05, 0.1) is 5.69 Å². The molecule has 3 aromatic rings. The molecule has 0 aliphatic rings. The fourth-order valence-electron chi connectivity index (χ4n) is 2.44. The molecule has 0 atom stereocenters. The molecule has 0 spiro atoms. The first-order valence-corrected chi connectivity index (χ1v) is 8.85. The predicted molar refractivity (Wildman–Crippen MR) is 97.5 cm³/mol. The first-order chi connectivity index (χ1) is 11.6. The van der Waals surface area contributed by atoms with Crippen molar-refractivity contribution in [2.75, 3.05) is 5.32 Å². The van der Waals surface area contributed by atoms with E-state index < -0.39 is 0 Å². The maximum absolute atomic E-state index is 12.3. The summed E-state index contributed by atoms with van der Waals surface area (Å²) in [6.45, 7) is 6.95. The van der Waals surface area contributed by atoms with Gasteiger partial charge in [-0.15, -0.1) is 11.3 Å². The molecule has 3 rings (SSSR count). The van der Waals surface area contributed by atoms with Crippen LogP contribution < -0.4 is 5.32 Å². The molecule has 5 nitrogen and oxygen atoms in total. The van der Waals surface area contributed by atoms with Crippen molar-refractivity contribution in [1.29, 1.82) is 0 Å².